The van der Waals surface area contributed by atoms with Crippen LogP contribution in [-0.4, -0.2) is 56.6 Å². The number of sulfonamides is 1. The molecule has 0 aliphatic carbocycles. The van der Waals surface area contributed by atoms with E-state index in [1.807, 2.05) is 13.8 Å². The summed E-state index contributed by atoms with van der Waals surface area (Å²) in [7, 11) is -0.759. The van der Waals surface area contributed by atoms with Crippen LogP contribution >= 0.6 is 0 Å². The molecule has 0 fully saturated rings. The number of carbonyl (C=O) groups is 2. The van der Waals surface area contributed by atoms with E-state index in [-0.39, 0.29) is 16.4 Å². The van der Waals surface area contributed by atoms with Crippen LogP contribution in [0.5, 0.6) is 0 Å². The summed E-state index contributed by atoms with van der Waals surface area (Å²) in [6.45, 7) is 6.83. The average Bonchev–Trinajstić information content (AvgIpc) is 2.69. The number of amides is 2. The summed E-state index contributed by atoms with van der Waals surface area (Å²) in [5, 5.41) is 2.76. The zero-order valence-corrected chi connectivity index (χ0v) is 18.2. The molecule has 0 heterocycles. The van der Waals surface area contributed by atoms with E-state index in [4.69, 9.17) is 0 Å². The molecule has 0 saturated carbocycles. The van der Waals surface area contributed by atoms with Gasteiger partial charge in [0.15, 0.2) is 0 Å². The van der Waals surface area contributed by atoms with Crippen LogP contribution in [0.4, 0.5) is 5.69 Å². The zero-order valence-electron chi connectivity index (χ0n) is 17.4. The lowest BCUT2D eigenvalue weighted by Gasteiger charge is -2.18. The number of hydrogen-bond acceptors (Lipinski definition) is 4. The van der Waals surface area contributed by atoms with Crippen LogP contribution < -0.4 is 5.32 Å². The Balaban J connectivity index is 2.24. The summed E-state index contributed by atoms with van der Waals surface area (Å²) in [5.41, 5.74) is 2.00. The highest BCUT2D eigenvalue weighted by atomic mass is 32.2. The molecular weight excluding hydrogens is 390 g/mol. The maximum Gasteiger partial charge on any atom is 0.255 e. The Morgan fingerprint density at radius 1 is 0.966 bits per heavy atom. The van der Waals surface area contributed by atoms with Crippen molar-refractivity contribution in [1.29, 1.82) is 0 Å². The molecule has 8 heteroatoms. The number of rotatable bonds is 7. The van der Waals surface area contributed by atoms with Gasteiger partial charge in [0.1, 0.15) is 0 Å². The van der Waals surface area contributed by atoms with Crippen molar-refractivity contribution in [3.05, 3.63) is 59.2 Å². The van der Waals surface area contributed by atoms with Crippen LogP contribution in [0.3, 0.4) is 0 Å². The van der Waals surface area contributed by atoms with Crippen molar-refractivity contribution in [2.45, 2.75) is 25.7 Å². The first-order valence-corrected chi connectivity index (χ1v) is 10.8. The summed E-state index contributed by atoms with van der Waals surface area (Å²) in [6.07, 6.45) is 0. The molecule has 0 spiro atoms. The van der Waals surface area contributed by atoms with Crippen molar-refractivity contribution in [3.63, 3.8) is 0 Å². The fourth-order valence-electron chi connectivity index (χ4n) is 2.80. The van der Waals surface area contributed by atoms with E-state index < -0.39 is 15.9 Å². The van der Waals surface area contributed by atoms with Gasteiger partial charge < -0.3 is 10.2 Å². The molecule has 0 aliphatic heterocycles. The van der Waals surface area contributed by atoms with Crippen LogP contribution in [0.15, 0.2) is 47.4 Å². The predicted molar refractivity (Wildman–Crippen MR) is 114 cm³/mol. The number of aryl methyl sites for hydroxylation is 1. The van der Waals surface area contributed by atoms with Gasteiger partial charge in [-0.25, -0.2) is 12.7 Å². The van der Waals surface area contributed by atoms with Crippen molar-refractivity contribution >= 4 is 27.5 Å². The normalized spacial score (nSPS) is 11.4. The minimum absolute atomic E-state index is 0.0541. The molecule has 7 nitrogen and oxygen atoms in total. The molecule has 1 N–H and O–H groups in total. The smallest absolute Gasteiger partial charge is 0.255 e. The van der Waals surface area contributed by atoms with Gasteiger partial charge in [0.2, 0.25) is 10.0 Å². The van der Waals surface area contributed by atoms with Gasteiger partial charge >= 0.3 is 0 Å². The standard InChI is InChI=1S/C21H27N3O4S/c1-6-24(7-2)21(26)16-9-11-17(12-10-16)22-20(25)19-14-18(13-8-15(19)3)29(27,28)23(4)5/h8-14H,6-7H2,1-5H3,(H,22,25). The maximum absolute atomic E-state index is 12.7. The number of benzene rings is 2. The Kier molecular flexibility index (Phi) is 7.16. The highest BCUT2D eigenvalue weighted by molar-refractivity contribution is 7.89. The quantitative estimate of drug-likeness (QED) is 0.750. The fourth-order valence-corrected chi connectivity index (χ4v) is 3.73. The number of carbonyl (C=O) groups excluding carboxylic acids is 2. The summed E-state index contributed by atoms with van der Waals surface area (Å²) in [5.74, 6) is -0.480. The fraction of sp³-hybridized carbons (Fsp3) is 0.333. The van der Waals surface area contributed by atoms with Crippen molar-refractivity contribution in [3.8, 4) is 0 Å². The van der Waals surface area contributed by atoms with Gasteiger partial charge in [-0.3, -0.25) is 9.59 Å². The molecular formula is C21H27N3O4S. The third kappa shape index (κ3) is 5.02. The molecule has 2 aromatic rings. The molecule has 0 atom stereocenters. The second kappa shape index (κ2) is 9.19. The van der Waals surface area contributed by atoms with E-state index in [2.05, 4.69) is 5.32 Å². The van der Waals surface area contributed by atoms with Gasteiger partial charge in [-0.15, -0.1) is 0 Å². The van der Waals surface area contributed by atoms with E-state index in [0.29, 0.717) is 29.9 Å². The number of nitrogens with one attached hydrogen (secondary N) is 1. The number of hydrogen-bond donors (Lipinski definition) is 1. The van der Waals surface area contributed by atoms with Gasteiger partial charge in [0, 0.05) is 44.0 Å². The van der Waals surface area contributed by atoms with Crippen LogP contribution in [0.25, 0.3) is 0 Å². The first kappa shape index (κ1) is 22.6. The molecule has 0 unspecified atom stereocenters. The maximum atomic E-state index is 12.7. The lowest BCUT2D eigenvalue weighted by Crippen LogP contribution is -2.30. The Morgan fingerprint density at radius 3 is 2.07 bits per heavy atom. The molecule has 0 aromatic heterocycles. The third-order valence-corrected chi connectivity index (χ3v) is 6.48. The summed E-state index contributed by atoms with van der Waals surface area (Å²) in [6, 6.07) is 11.1. The molecule has 156 valence electrons. The molecule has 2 aromatic carbocycles. The predicted octanol–water partition coefficient (Wildman–Crippen LogP) is 2.98. The Hall–Kier alpha value is -2.71. The van der Waals surface area contributed by atoms with Gasteiger partial charge in [0.25, 0.3) is 11.8 Å². The van der Waals surface area contributed by atoms with Crippen molar-refractivity contribution in [2.75, 3.05) is 32.5 Å². The van der Waals surface area contributed by atoms with E-state index in [0.717, 1.165) is 4.31 Å². The Morgan fingerprint density at radius 2 is 1.55 bits per heavy atom. The minimum atomic E-state index is -3.64. The molecule has 2 rings (SSSR count). The largest absolute Gasteiger partial charge is 0.339 e. The number of nitrogens with zero attached hydrogens (tertiary/aromatic N) is 2. The van der Waals surface area contributed by atoms with Crippen LogP contribution in [-0.2, 0) is 10.0 Å². The van der Waals surface area contributed by atoms with E-state index in [1.54, 1.807) is 42.2 Å². The second-order valence-electron chi connectivity index (χ2n) is 6.77. The van der Waals surface area contributed by atoms with Crippen LogP contribution in [0, 0.1) is 6.92 Å². The molecule has 0 aliphatic rings. The number of anilines is 1. The Labute approximate surface area is 172 Å². The lowest BCUT2D eigenvalue weighted by atomic mass is 10.1. The van der Waals surface area contributed by atoms with Crippen molar-refractivity contribution in [1.82, 2.24) is 9.21 Å². The van der Waals surface area contributed by atoms with Crippen molar-refractivity contribution < 1.29 is 18.0 Å². The average molecular weight is 418 g/mol. The first-order chi connectivity index (χ1) is 13.6. The minimum Gasteiger partial charge on any atom is -0.339 e. The lowest BCUT2D eigenvalue weighted by molar-refractivity contribution is 0.0773. The molecule has 2 amide bonds. The third-order valence-electron chi connectivity index (χ3n) is 4.67. The van der Waals surface area contributed by atoms with Gasteiger partial charge in [-0.05, 0) is 62.7 Å². The van der Waals surface area contributed by atoms with Gasteiger partial charge in [0.05, 0.1) is 4.90 Å². The van der Waals surface area contributed by atoms with Crippen LogP contribution in [0.2, 0.25) is 0 Å². The zero-order chi connectivity index (χ0) is 21.8. The van der Waals surface area contributed by atoms with E-state index >= 15 is 0 Å². The second-order valence-corrected chi connectivity index (χ2v) is 8.92. The molecule has 29 heavy (non-hydrogen) atoms. The SMILES string of the molecule is CCN(CC)C(=O)c1ccc(NC(=O)c2cc(S(=O)(=O)N(C)C)ccc2C)cc1. The van der Waals surface area contributed by atoms with E-state index in [9.17, 15) is 18.0 Å². The topological polar surface area (TPSA) is 86.8 Å². The highest BCUT2D eigenvalue weighted by Crippen LogP contribution is 2.20. The summed E-state index contributed by atoms with van der Waals surface area (Å²) in [4.78, 5) is 26.8. The first-order valence-electron chi connectivity index (χ1n) is 9.35. The molecule has 0 saturated heterocycles. The summed E-state index contributed by atoms with van der Waals surface area (Å²) >= 11 is 0. The van der Waals surface area contributed by atoms with Gasteiger partial charge in [-0.2, -0.15) is 0 Å². The highest BCUT2D eigenvalue weighted by Gasteiger charge is 2.20. The molecule has 0 radical (unpaired) electrons. The molecule has 0 bridgehead atoms. The van der Waals surface area contributed by atoms with Crippen LogP contribution in [0.1, 0.15) is 40.1 Å². The Bertz CT molecular complexity index is 995. The summed E-state index contributed by atoms with van der Waals surface area (Å²) < 4.78 is 25.8. The monoisotopic (exact) mass is 417 g/mol. The van der Waals surface area contributed by atoms with Gasteiger partial charge in [-0.1, -0.05) is 6.07 Å². The van der Waals surface area contributed by atoms with E-state index in [1.165, 1.54) is 26.2 Å². The van der Waals surface area contributed by atoms with Crippen molar-refractivity contribution in [2.24, 2.45) is 0 Å².